The van der Waals surface area contributed by atoms with Crippen molar-refractivity contribution < 1.29 is 29.0 Å². The van der Waals surface area contributed by atoms with E-state index in [9.17, 15) is 24.3 Å². The number of carbonyl (C=O) groups is 4. The maximum atomic E-state index is 14.1. The molecule has 0 aromatic heterocycles. The Kier molecular flexibility index (Phi) is 10.7. The number of Topliss-reactive ketones (excluding diaryl/α,β-unsaturated/α-hetero) is 2. The number of hydrogen-bond acceptors (Lipinski definition) is 9. The van der Waals surface area contributed by atoms with Crippen LogP contribution in [-0.2, 0) is 30.3 Å². The van der Waals surface area contributed by atoms with E-state index in [1.807, 2.05) is 6.92 Å². The number of carboxylic acids is 1. The van der Waals surface area contributed by atoms with Crippen molar-refractivity contribution in [1.29, 1.82) is 0 Å². The van der Waals surface area contributed by atoms with E-state index >= 15 is 0 Å². The average molecular weight is 519 g/mol. The van der Waals surface area contributed by atoms with Crippen LogP contribution in [0.25, 0.3) is 0 Å². The number of aliphatic carboxylic acids is 1. The number of unbranched alkanes of at least 4 members (excludes halogenated alkanes) is 1. The van der Waals surface area contributed by atoms with Crippen LogP contribution in [0.3, 0.4) is 0 Å². The fourth-order valence-electron chi connectivity index (χ4n) is 4.62. The van der Waals surface area contributed by atoms with Crippen molar-refractivity contribution in [3.8, 4) is 0 Å². The SMILES string of the molecule is CCCCOC(=O)[C@](CCN=C(N)N)(C(=O)[C@H](N)Cc1ccccc1)[C@](N)(C(=O)O)C(=O)[C@H]1CCCN1. The highest BCUT2D eigenvalue weighted by molar-refractivity contribution is 6.22. The van der Waals surface area contributed by atoms with Gasteiger partial charge in [-0.1, -0.05) is 43.7 Å². The summed E-state index contributed by atoms with van der Waals surface area (Å²) in [6, 6.07) is 6.39. The number of ether oxygens (including phenoxy) is 1. The maximum absolute atomic E-state index is 14.1. The molecule has 37 heavy (non-hydrogen) atoms. The van der Waals surface area contributed by atoms with E-state index in [1.165, 1.54) is 0 Å². The van der Waals surface area contributed by atoms with Gasteiger partial charge in [-0.3, -0.25) is 19.4 Å². The van der Waals surface area contributed by atoms with Gasteiger partial charge in [-0.2, -0.15) is 0 Å². The van der Waals surface area contributed by atoms with Crippen molar-refractivity contribution in [1.82, 2.24) is 5.32 Å². The van der Waals surface area contributed by atoms with Crippen molar-refractivity contribution in [3.05, 3.63) is 35.9 Å². The number of guanidine groups is 1. The van der Waals surface area contributed by atoms with Crippen LogP contribution in [-0.4, -0.2) is 71.9 Å². The molecule has 0 spiro atoms. The molecule has 1 aliphatic rings. The molecule has 1 fully saturated rings. The predicted molar refractivity (Wildman–Crippen MR) is 137 cm³/mol. The van der Waals surface area contributed by atoms with Crippen molar-refractivity contribution in [2.24, 2.45) is 33.3 Å². The van der Waals surface area contributed by atoms with Gasteiger partial charge in [0.05, 0.1) is 18.7 Å². The monoisotopic (exact) mass is 518 g/mol. The van der Waals surface area contributed by atoms with Crippen LogP contribution in [0.2, 0.25) is 0 Å². The van der Waals surface area contributed by atoms with Crippen molar-refractivity contribution >= 4 is 29.5 Å². The molecule has 1 heterocycles. The van der Waals surface area contributed by atoms with Crippen LogP contribution >= 0.6 is 0 Å². The fourth-order valence-corrected chi connectivity index (χ4v) is 4.62. The minimum absolute atomic E-state index is 0.0302. The number of benzene rings is 1. The van der Waals surface area contributed by atoms with Gasteiger partial charge in [-0.05, 0) is 44.2 Å². The van der Waals surface area contributed by atoms with Gasteiger partial charge in [0.15, 0.2) is 28.5 Å². The van der Waals surface area contributed by atoms with E-state index in [0.29, 0.717) is 37.8 Å². The molecule has 204 valence electrons. The number of aliphatic imine (C=N–C) groups is 1. The van der Waals surface area contributed by atoms with E-state index < -0.39 is 53.0 Å². The summed E-state index contributed by atoms with van der Waals surface area (Å²) in [5, 5.41) is 13.3. The number of nitrogens with zero attached hydrogens (tertiary/aromatic N) is 1. The molecule has 1 aliphatic heterocycles. The van der Waals surface area contributed by atoms with E-state index in [4.69, 9.17) is 27.7 Å². The van der Waals surface area contributed by atoms with Gasteiger partial charge in [0.25, 0.3) is 0 Å². The molecule has 0 bridgehead atoms. The number of carbonyl (C=O) groups excluding carboxylic acids is 3. The lowest BCUT2D eigenvalue weighted by molar-refractivity contribution is -0.178. The first-order valence-corrected chi connectivity index (χ1v) is 12.4. The van der Waals surface area contributed by atoms with E-state index in [1.54, 1.807) is 30.3 Å². The summed E-state index contributed by atoms with van der Waals surface area (Å²) in [5.74, 6) is -5.47. The minimum Gasteiger partial charge on any atom is -0.479 e. The highest BCUT2D eigenvalue weighted by atomic mass is 16.5. The molecule has 0 amide bonds. The molecular formula is C25H38N6O6. The number of nitrogens with two attached hydrogens (primary N) is 4. The quantitative estimate of drug-likeness (QED) is 0.0555. The second-order valence-corrected chi connectivity index (χ2v) is 9.24. The Balaban J connectivity index is 2.70. The van der Waals surface area contributed by atoms with Crippen molar-refractivity contribution in [3.63, 3.8) is 0 Å². The number of nitrogens with one attached hydrogen (secondary N) is 1. The summed E-state index contributed by atoms with van der Waals surface area (Å²) >= 11 is 0. The van der Waals surface area contributed by atoms with Crippen LogP contribution in [0.1, 0.15) is 44.6 Å². The van der Waals surface area contributed by atoms with Crippen LogP contribution in [0.4, 0.5) is 0 Å². The summed E-state index contributed by atoms with van der Waals surface area (Å²) < 4.78 is 5.39. The Morgan fingerprint density at radius 1 is 1.22 bits per heavy atom. The number of esters is 1. The van der Waals surface area contributed by atoms with Crippen LogP contribution in [0.5, 0.6) is 0 Å². The Bertz CT molecular complexity index is 993. The highest BCUT2D eigenvalue weighted by Gasteiger charge is 2.69. The molecule has 1 aromatic rings. The number of hydrogen-bond donors (Lipinski definition) is 6. The summed E-state index contributed by atoms with van der Waals surface area (Å²) in [6.45, 7) is 1.84. The molecule has 1 saturated heterocycles. The number of rotatable bonds is 15. The first kappa shape index (κ1) is 29.9. The third kappa shape index (κ3) is 6.51. The highest BCUT2D eigenvalue weighted by Crippen LogP contribution is 2.40. The summed E-state index contributed by atoms with van der Waals surface area (Å²) in [4.78, 5) is 58.3. The number of ketones is 2. The van der Waals surface area contributed by atoms with Gasteiger partial charge in [0.1, 0.15) is 0 Å². The largest absolute Gasteiger partial charge is 0.479 e. The van der Waals surface area contributed by atoms with Gasteiger partial charge < -0.3 is 38.1 Å². The molecule has 2 rings (SSSR count). The second kappa shape index (κ2) is 13.3. The summed E-state index contributed by atoms with van der Waals surface area (Å²) in [6.07, 6.45) is 1.37. The molecule has 0 radical (unpaired) electrons. The topological polar surface area (TPSA) is 226 Å². The summed E-state index contributed by atoms with van der Waals surface area (Å²) in [7, 11) is 0. The first-order valence-electron chi connectivity index (χ1n) is 12.4. The maximum Gasteiger partial charge on any atom is 0.333 e. The molecule has 0 saturated carbocycles. The zero-order valence-corrected chi connectivity index (χ0v) is 21.2. The van der Waals surface area contributed by atoms with E-state index in [2.05, 4.69) is 10.3 Å². The van der Waals surface area contributed by atoms with Gasteiger partial charge >= 0.3 is 11.9 Å². The lowest BCUT2D eigenvalue weighted by atomic mass is 9.60. The van der Waals surface area contributed by atoms with Gasteiger partial charge in [-0.25, -0.2) is 4.79 Å². The lowest BCUT2D eigenvalue weighted by Gasteiger charge is -2.43. The molecule has 12 heteroatoms. The van der Waals surface area contributed by atoms with Crippen LogP contribution in [0, 0.1) is 5.41 Å². The molecule has 12 nitrogen and oxygen atoms in total. The first-order chi connectivity index (χ1) is 17.5. The zero-order chi connectivity index (χ0) is 27.6. The molecule has 0 unspecified atom stereocenters. The lowest BCUT2D eigenvalue weighted by Crippen LogP contribution is -2.75. The van der Waals surface area contributed by atoms with E-state index in [0.717, 1.165) is 0 Å². The van der Waals surface area contributed by atoms with Crippen LogP contribution < -0.4 is 28.3 Å². The van der Waals surface area contributed by atoms with Crippen molar-refractivity contribution in [2.45, 2.75) is 63.1 Å². The molecular weight excluding hydrogens is 480 g/mol. The minimum atomic E-state index is -3.00. The molecule has 10 N–H and O–H groups in total. The summed E-state index contributed by atoms with van der Waals surface area (Å²) in [5.41, 5.74) is 18.6. The zero-order valence-electron chi connectivity index (χ0n) is 21.2. The van der Waals surface area contributed by atoms with Crippen molar-refractivity contribution in [2.75, 3.05) is 19.7 Å². The smallest absolute Gasteiger partial charge is 0.333 e. The Labute approximate surface area is 216 Å². The molecule has 0 aliphatic carbocycles. The Morgan fingerprint density at radius 2 is 1.89 bits per heavy atom. The third-order valence-electron chi connectivity index (χ3n) is 6.69. The van der Waals surface area contributed by atoms with Crippen LogP contribution in [0.15, 0.2) is 35.3 Å². The Hall–Kier alpha value is -3.35. The third-order valence-corrected chi connectivity index (χ3v) is 6.69. The predicted octanol–water partition coefficient (Wildman–Crippen LogP) is -0.778. The average Bonchev–Trinajstić information content (AvgIpc) is 3.40. The second-order valence-electron chi connectivity index (χ2n) is 9.24. The number of carboxylic acid groups (broad SMARTS) is 1. The van der Waals surface area contributed by atoms with E-state index in [-0.39, 0.29) is 25.5 Å². The van der Waals surface area contributed by atoms with Gasteiger partial charge in [0, 0.05) is 6.54 Å². The molecule has 1 aromatic carbocycles. The Morgan fingerprint density at radius 3 is 2.43 bits per heavy atom. The van der Waals surface area contributed by atoms with Gasteiger partial charge in [-0.15, -0.1) is 0 Å². The fraction of sp³-hybridized carbons (Fsp3) is 0.560. The normalized spacial score (nSPS) is 19.2. The standard InChI is InChI=1S/C25H38N6O6/c1-2-3-14-37-22(36)24(11-13-31-23(27)28,19(32)17(26)15-16-8-5-4-6-9-16)25(29,21(34)35)20(33)18-10-7-12-30-18/h4-6,8-9,17-18,30H,2-3,7,10-15,26,29H2,1H3,(H,34,35)(H4,27,28,31)/t17-,18-,24+,25-/m1/s1. The molecule has 4 atom stereocenters. The van der Waals surface area contributed by atoms with Gasteiger partial charge in [0.2, 0.25) is 0 Å².